The van der Waals surface area contributed by atoms with Crippen molar-refractivity contribution in [2.75, 3.05) is 32.9 Å². The number of hydrogen-bond acceptors (Lipinski definition) is 4. The molecule has 7 nitrogen and oxygen atoms in total. The van der Waals surface area contributed by atoms with Crippen molar-refractivity contribution in [2.24, 2.45) is 0 Å². The average Bonchev–Trinajstić information content (AvgIpc) is 2.53. The van der Waals surface area contributed by atoms with Crippen LogP contribution in [0.2, 0.25) is 0 Å². The van der Waals surface area contributed by atoms with Gasteiger partial charge in [0.1, 0.15) is 0 Å². The number of nitrogens with zero attached hydrogens (tertiary/aromatic N) is 1. The molecule has 7 heteroatoms. The summed E-state index contributed by atoms with van der Waals surface area (Å²) in [6.45, 7) is 1.40. The van der Waals surface area contributed by atoms with Gasteiger partial charge in [-0.2, -0.15) is 0 Å². The van der Waals surface area contributed by atoms with E-state index in [1.165, 1.54) is 4.90 Å². The van der Waals surface area contributed by atoms with Crippen LogP contribution in [-0.4, -0.2) is 66.1 Å². The van der Waals surface area contributed by atoms with Crippen molar-refractivity contribution in [3.05, 3.63) is 0 Å². The van der Waals surface area contributed by atoms with E-state index in [1.54, 1.807) is 0 Å². The quantitative estimate of drug-likeness (QED) is 0.571. The molecule has 0 spiro atoms. The molecule has 3 N–H and O–H groups in total. The first-order chi connectivity index (χ1) is 7.65. The normalized spacial score (nSPS) is 18.7. The maximum absolute atomic E-state index is 11.6. The fourth-order valence-corrected chi connectivity index (χ4v) is 1.37. The summed E-state index contributed by atoms with van der Waals surface area (Å²) in [7, 11) is 0. The highest BCUT2D eigenvalue weighted by Gasteiger charge is 2.22. The van der Waals surface area contributed by atoms with Crippen molar-refractivity contribution < 1.29 is 24.5 Å². The molecule has 1 aliphatic heterocycles. The number of hydrogen-bond donors (Lipinski definition) is 3. The van der Waals surface area contributed by atoms with E-state index in [0.717, 1.165) is 6.42 Å². The first kappa shape index (κ1) is 12.7. The number of carboxylic acids is 1. The third-order valence-corrected chi connectivity index (χ3v) is 2.29. The summed E-state index contributed by atoms with van der Waals surface area (Å²) in [5.41, 5.74) is 0. The van der Waals surface area contributed by atoms with Gasteiger partial charge in [-0.1, -0.05) is 0 Å². The van der Waals surface area contributed by atoms with Crippen LogP contribution in [0.25, 0.3) is 0 Å². The highest BCUT2D eigenvalue weighted by atomic mass is 16.5. The lowest BCUT2D eigenvalue weighted by atomic mass is 10.3. The first-order valence-electron chi connectivity index (χ1n) is 5.12. The number of aliphatic hydroxyl groups excluding tert-OH is 1. The Balaban J connectivity index is 2.46. The molecule has 2 amide bonds. The standard InChI is InChI=1S/C9H16N2O5/c12-6-7(8(13)14)10-9(15)11-2-1-4-16-5-3-11/h7,12H,1-6H2,(H,10,15)(H,13,14)/t7-/m0/s1. The van der Waals surface area contributed by atoms with Crippen LogP contribution in [0.5, 0.6) is 0 Å². The molecule has 1 aliphatic rings. The maximum Gasteiger partial charge on any atom is 0.328 e. The summed E-state index contributed by atoms with van der Waals surface area (Å²) in [4.78, 5) is 23.7. The monoisotopic (exact) mass is 232 g/mol. The van der Waals surface area contributed by atoms with E-state index in [0.29, 0.717) is 26.3 Å². The van der Waals surface area contributed by atoms with Crippen LogP contribution in [0.1, 0.15) is 6.42 Å². The summed E-state index contributed by atoms with van der Waals surface area (Å²) >= 11 is 0. The number of amides is 2. The van der Waals surface area contributed by atoms with E-state index in [-0.39, 0.29) is 0 Å². The van der Waals surface area contributed by atoms with Gasteiger partial charge in [-0.15, -0.1) is 0 Å². The van der Waals surface area contributed by atoms with Crippen molar-refractivity contribution in [3.63, 3.8) is 0 Å². The molecule has 1 atom stereocenters. The topological polar surface area (TPSA) is 99.1 Å². The predicted molar refractivity (Wildman–Crippen MR) is 54.1 cm³/mol. The molecule has 0 saturated carbocycles. The second-order valence-electron chi connectivity index (χ2n) is 3.48. The Bertz CT molecular complexity index is 250. The minimum atomic E-state index is -1.25. The van der Waals surface area contributed by atoms with Gasteiger partial charge < -0.3 is 25.2 Å². The molecule has 0 aromatic heterocycles. The van der Waals surface area contributed by atoms with Gasteiger partial charge in [0.05, 0.1) is 13.2 Å². The van der Waals surface area contributed by atoms with E-state index >= 15 is 0 Å². The Labute approximate surface area is 93.0 Å². The molecular formula is C9H16N2O5. The van der Waals surface area contributed by atoms with Gasteiger partial charge in [-0.25, -0.2) is 9.59 Å². The Morgan fingerprint density at radius 1 is 1.38 bits per heavy atom. The second-order valence-corrected chi connectivity index (χ2v) is 3.48. The molecule has 1 fully saturated rings. The largest absolute Gasteiger partial charge is 0.480 e. The average molecular weight is 232 g/mol. The number of urea groups is 1. The number of nitrogens with one attached hydrogen (secondary N) is 1. The van der Waals surface area contributed by atoms with E-state index in [4.69, 9.17) is 14.9 Å². The molecular weight excluding hydrogens is 216 g/mol. The van der Waals surface area contributed by atoms with Crippen molar-refractivity contribution in [1.82, 2.24) is 10.2 Å². The third kappa shape index (κ3) is 3.67. The van der Waals surface area contributed by atoms with Crippen molar-refractivity contribution in [2.45, 2.75) is 12.5 Å². The van der Waals surface area contributed by atoms with E-state index < -0.39 is 24.6 Å². The molecule has 0 aromatic carbocycles. The number of ether oxygens (including phenoxy) is 1. The predicted octanol–water partition coefficient (Wildman–Crippen LogP) is -1.14. The second kappa shape index (κ2) is 6.29. The number of aliphatic carboxylic acids is 1. The minimum absolute atomic E-state index is 0.434. The molecule has 0 aliphatic carbocycles. The minimum Gasteiger partial charge on any atom is -0.480 e. The fraction of sp³-hybridized carbons (Fsp3) is 0.778. The van der Waals surface area contributed by atoms with E-state index in [2.05, 4.69) is 5.32 Å². The number of carbonyl (C=O) groups excluding carboxylic acids is 1. The lowest BCUT2D eigenvalue weighted by molar-refractivity contribution is -0.140. The SMILES string of the molecule is O=C(O)[C@H](CO)NC(=O)N1CCCOCC1. The Morgan fingerprint density at radius 2 is 2.12 bits per heavy atom. The Morgan fingerprint density at radius 3 is 2.75 bits per heavy atom. The molecule has 92 valence electrons. The number of carboxylic acid groups (broad SMARTS) is 1. The van der Waals surface area contributed by atoms with Gasteiger partial charge in [-0.3, -0.25) is 0 Å². The zero-order valence-corrected chi connectivity index (χ0v) is 8.89. The molecule has 16 heavy (non-hydrogen) atoms. The van der Waals surface area contributed by atoms with Crippen LogP contribution in [0, 0.1) is 0 Å². The zero-order valence-electron chi connectivity index (χ0n) is 8.89. The molecule has 1 saturated heterocycles. The van der Waals surface area contributed by atoms with Crippen LogP contribution in [-0.2, 0) is 9.53 Å². The van der Waals surface area contributed by atoms with Gasteiger partial charge in [0.25, 0.3) is 0 Å². The van der Waals surface area contributed by atoms with Crippen molar-refractivity contribution in [1.29, 1.82) is 0 Å². The highest BCUT2D eigenvalue weighted by molar-refractivity contribution is 5.82. The van der Waals surface area contributed by atoms with Crippen LogP contribution in [0.15, 0.2) is 0 Å². The zero-order chi connectivity index (χ0) is 12.0. The Hall–Kier alpha value is -1.34. The van der Waals surface area contributed by atoms with Gasteiger partial charge in [0.2, 0.25) is 0 Å². The number of carbonyl (C=O) groups is 2. The van der Waals surface area contributed by atoms with Gasteiger partial charge in [0, 0.05) is 19.7 Å². The number of aliphatic hydroxyl groups is 1. The Kier molecular flexibility index (Phi) is 5.00. The van der Waals surface area contributed by atoms with Gasteiger partial charge >= 0.3 is 12.0 Å². The third-order valence-electron chi connectivity index (χ3n) is 2.29. The number of rotatable bonds is 3. The van der Waals surface area contributed by atoms with Crippen LogP contribution >= 0.6 is 0 Å². The molecule has 1 heterocycles. The van der Waals surface area contributed by atoms with Crippen molar-refractivity contribution >= 4 is 12.0 Å². The molecule has 0 radical (unpaired) electrons. The molecule has 0 bridgehead atoms. The summed E-state index contributed by atoms with van der Waals surface area (Å²) < 4.78 is 5.17. The molecule has 0 aromatic rings. The summed E-state index contributed by atoms with van der Waals surface area (Å²) in [6.07, 6.45) is 0.726. The highest BCUT2D eigenvalue weighted by Crippen LogP contribution is 2.00. The smallest absolute Gasteiger partial charge is 0.328 e. The molecule has 1 rings (SSSR count). The maximum atomic E-state index is 11.6. The van der Waals surface area contributed by atoms with Crippen LogP contribution < -0.4 is 5.32 Å². The molecule has 0 unspecified atom stereocenters. The van der Waals surface area contributed by atoms with Gasteiger partial charge in [0.15, 0.2) is 6.04 Å². The lowest BCUT2D eigenvalue weighted by Crippen LogP contribution is -2.50. The summed E-state index contributed by atoms with van der Waals surface area (Å²) in [5, 5.41) is 19.7. The van der Waals surface area contributed by atoms with E-state index in [1.807, 2.05) is 0 Å². The first-order valence-corrected chi connectivity index (χ1v) is 5.12. The van der Waals surface area contributed by atoms with Gasteiger partial charge in [-0.05, 0) is 6.42 Å². The summed E-state index contributed by atoms with van der Waals surface area (Å²) in [6, 6.07) is -1.73. The van der Waals surface area contributed by atoms with Crippen LogP contribution in [0.3, 0.4) is 0 Å². The van der Waals surface area contributed by atoms with E-state index in [9.17, 15) is 9.59 Å². The fourth-order valence-electron chi connectivity index (χ4n) is 1.37. The lowest BCUT2D eigenvalue weighted by Gasteiger charge is -2.22. The summed E-state index contributed by atoms with van der Waals surface area (Å²) in [5.74, 6) is -1.25. The van der Waals surface area contributed by atoms with Crippen LogP contribution in [0.4, 0.5) is 4.79 Å². The van der Waals surface area contributed by atoms with Crippen molar-refractivity contribution in [3.8, 4) is 0 Å².